The predicted molar refractivity (Wildman–Crippen MR) is 118 cm³/mol. The summed E-state index contributed by atoms with van der Waals surface area (Å²) in [6, 6.07) is 22.1. The second-order valence-corrected chi connectivity index (χ2v) is 6.96. The maximum atomic E-state index is 12.6. The maximum Gasteiger partial charge on any atom is 0.261 e. The molecule has 1 amide bonds. The molecule has 3 aromatic carbocycles. The van der Waals surface area contributed by atoms with Gasteiger partial charge in [0.05, 0.1) is 6.61 Å². The second-order valence-electron chi connectivity index (χ2n) is 6.96. The van der Waals surface area contributed by atoms with Crippen LogP contribution in [0.4, 0.5) is 0 Å². The van der Waals surface area contributed by atoms with Gasteiger partial charge in [-0.05, 0) is 55.3 Å². The van der Waals surface area contributed by atoms with Crippen LogP contribution < -0.4 is 14.8 Å². The van der Waals surface area contributed by atoms with E-state index in [2.05, 4.69) is 17.4 Å². The zero-order chi connectivity index (χ0) is 20.5. The van der Waals surface area contributed by atoms with Crippen LogP contribution in [0.3, 0.4) is 0 Å². The van der Waals surface area contributed by atoms with Crippen molar-refractivity contribution in [2.24, 2.45) is 0 Å². The summed E-state index contributed by atoms with van der Waals surface area (Å²) in [4.78, 5) is 12.6. The van der Waals surface area contributed by atoms with Gasteiger partial charge in [-0.2, -0.15) is 0 Å². The highest BCUT2D eigenvalue weighted by Gasteiger charge is 2.18. The number of aryl methyl sites for hydroxylation is 1. The Kier molecular flexibility index (Phi) is 7.51. The summed E-state index contributed by atoms with van der Waals surface area (Å²) in [7, 11) is 0. The molecule has 1 unspecified atom stereocenters. The second kappa shape index (κ2) is 10.5. The molecular weight excluding hydrogens is 362 g/mol. The number of fused-ring (bicyclic) bond motifs is 1. The van der Waals surface area contributed by atoms with Gasteiger partial charge >= 0.3 is 0 Å². The third-order valence-electron chi connectivity index (χ3n) is 4.86. The summed E-state index contributed by atoms with van der Waals surface area (Å²) in [6.45, 7) is 5.24. The first-order chi connectivity index (χ1) is 14.2. The minimum absolute atomic E-state index is 0.0628. The van der Waals surface area contributed by atoms with Gasteiger partial charge in [0.15, 0.2) is 6.10 Å². The monoisotopic (exact) mass is 391 g/mol. The smallest absolute Gasteiger partial charge is 0.261 e. The molecule has 3 rings (SSSR count). The van der Waals surface area contributed by atoms with Crippen LogP contribution in [0.5, 0.6) is 11.5 Å². The van der Waals surface area contributed by atoms with Gasteiger partial charge in [0.1, 0.15) is 11.5 Å². The van der Waals surface area contributed by atoms with Gasteiger partial charge in [-0.1, -0.05) is 55.5 Å². The molecule has 4 nitrogen and oxygen atoms in total. The average Bonchev–Trinajstić information content (AvgIpc) is 2.76. The fraction of sp³-hybridized carbons (Fsp3) is 0.320. The van der Waals surface area contributed by atoms with Gasteiger partial charge in [0.25, 0.3) is 5.91 Å². The van der Waals surface area contributed by atoms with Gasteiger partial charge in [-0.15, -0.1) is 0 Å². The lowest BCUT2D eigenvalue weighted by atomic mass is 10.1. The van der Waals surface area contributed by atoms with E-state index in [1.807, 2.05) is 68.4 Å². The van der Waals surface area contributed by atoms with E-state index in [1.165, 1.54) is 5.56 Å². The molecule has 0 spiro atoms. The lowest BCUT2D eigenvalue weighted by Crippen LogP contribution is -2.38. The first kappa shape index (κ1) is 20.7. The Morgan fingerprint density at radius 2 is 1.72 bits per heavy atom. The molecule has 29 heavy (non-hydrogen) atoms. The van der Waals surface area contributed by atoms with Crippen molar-refractivity contribution in [2.45, 2.75) is 39.2 Å². The number of carbonyl (C=O) groups is 1. The number of hydrogen-bond acceptors (Lipinski definition) is 3. The summed E-state index contributed by atoms with van der Waals surface area (Å²) in [5, 5.41) is 5.15. The van der Waals surface area contributed by atoms with E-state index in [4.69, 9.17) is 9.47 Å². The van der Waals surface area contributed by atoms with Gasteiger partial charge in [-0.25, -0.2) is 0 Å². The van der Waals surface area contributed by atoms with Gasteiger partial charge < -0.3 is 14.8 Å². The number of hydrogen-bond donors (Lipinski definition) is 1. The minimum atomic E-state index is -0.494. The number of carbonyl (C=O) groups excluding carboxylic acids is 1. The summed E-state index contributed by atoms with van der Waals surface area (Å²) in [5.74, 6) is 1.58. The van der Waals surface area contributed by atoms with E-state index in [1.54, 1.807) is 0 Å². The van der Waals surface area contributed by atoms with E-state index in [9.17, 15) is 4.79 Å². The van der Waals surface area contributed by atoms with E-state index in [0.29, 0.717) is 19.6 Å². The van der Waals surface area contributed by atoms with Crippen LogP contribution in [0.2, 0.25) is 0 Å². The summed E-state index contributed by atoms with van der Waals surface area (Å²) >= 11 is 0. The molecule has 0 aliphatic heterocycles. The van der Waals surface area contributed by atoms with Crippen LogP contribution in [0.25, 0.3) is 10.8 Å². The first-order valence-corrected chi connectivity index (χ1v) is 10.3. The van der Waals surface area contributed by atoms with Crippen LogP contribution in [0.15, 0.2) is 66.7 Å². The molecule has 0 saturated carbocycles. The van der Waals surface area contributed by atoms with Gasteiger partial charge in [0.2, 0.25) is 0 Å². The van der Waals surface area contributed by atoms with E-state index >= 15 is 0 Å². The van der Waals surface area contributed by atoms with Crippen molar-refractivity contribution in [3.8, 4) is 11.5 Å². The third-order valence-corrected chi connectivity index (χ3v) is 4.86. The Balaban J connectivity index is 1.49. The number of nitrogens with one attached hydrogen (secondary N) is 1. The summed E-state index contributed by atoms with van der Waals surface area (Å²) in [6.07, 6.45) is 1.91. The topological polar surface area (TPSA) is 47.6 Å². The number of amides is 1. The molecule has 1 N–H and O–H groups in total. The predicted octanol–water partition coefficient (Wildman–Crippen LogP) is 5.14. The Bertz CT molecular complexity index is 916. The van der Waals surface area contributed by atoms with Crippen LogP contribution in [-0.4, -0.2) is 25.2 Å². The van der Waals surface area contributed by atoms with Crippen molar-refractivity contribution >= 4 is 16.7 Å². The van der Waals surface area contributed by atoms with E-state index in [0.717, 1.165) is 35.1 Å². The lowest BCUT2D eigenvalue weighted by Gasteiger charge is -2.18. The van der Waals surface area contributed by atoms with Gasteiger partial charge in [-0.3, -0.25) is 4.79 Å². The minimum Gasteiger partial charge on any atom is -0.494 e. The fourth-order valence-corrected chi connectivity index (χ4v) is 3.31. The molecule has 3 aromatic rings. The SMILES string of the molecule is CCOc1ccc(CCCNC(=O)C(CC)Oc2cccc3ccccc23)cc1. The number of benzene rings is 3. The molecule has 0 aliphatic rings. The molecule has 152 valence electrons. The molecule has 0 radical (unpaired) electrons. The quantitative estimate of drug-likeness (QED) is 0.487. The van der Waals surface area contributed by atoms with Crippen LogP contribution in [0.1, 0.15) is 32.3 Å². The standard InChI is InChI=1S/C25H29NO3/c1-3-23(29-24-13-7-11-20-10-5-6-12-22(20)24)25(27)26-18-8-9-19-14-16-21(17-15-19)28-4-2/h5-7,10-17,23H,3-4,8-9,18H2,1-2H3,(H,26,27). The van der Waals surface area contributed by atoms with Crippen molar-refractivity contribution in [3.63, 3.8) is 0 Å². The third kappa shape index (κ3) is 5.74. The Hall–Kier alpha value is -3.01. The number of rotatable bonds is 10. The van der Waals surface area contributed by atoms with Crippen molar-refractivity contribution in [1.29, 1.82) is 0 Å². The molecular formula is C25H29NO3. The molecule has 0 fully saturated rings. The van der Waals surface area contributed by atoms with Crippen molar-refractivity contribution in [3.05, 3.63) is 72.3 Å². The highest BCUT2D eigenvalue weighted by atomic mass is 16.5. The molecule has 4 heteroatoms. The number of ether oxygens (including phenoxy) is 2. The van der Waals surface area contributed by atoms with Crippen molar-refractivity contribution < 1.29 is 14.3 Å². The molecule has 0 heterocycles. The normalized spacial score (nSPS) is 11.8. The summed E-state index contributed by atoms with van der Waals surface area (Å²) < 4.78 is 11.5. The Morgan fingerprint density at radius 3 is 2.48 bits per heavy atom. The summed E-state index contributed by atoms with van der Waals surface area (Å²) in [5.41, 5.74) is 1.24. The van der Waals surface area contributed by atoms with E-state index < -0.39 is 6.10 Å². The zero-order valence-electron chi connectivity index (χ0n) is 17.2. The Morgan fingerprint density at radius 1 is 0.966 bits per heavy atom. The molecule has 0 bridgehead atoms. The molecule has 0 aromatic heterocycles. The largest absolute Gasteiger partial charge is 0.494 e. The Labute approximate surface area is 172 Å². The fourth-order valence-electron chi connectivity index (χ4n) is 3.31. The molecule has 1 atom stereocenters. The first-order valence-electron chi connectivity index (χ1n) is 10.3. The lowest BCUT2D eigenvalue weighted by molar-refractivity contribution is -0.128. The molecule has 0 aliphatic carbocycles. The average molecular weight is 392 g/mol. The highest BCUT2D eigenvalue weighted by Crippen LogP contribution is 2.26. The van der Waals surface area contributed by atoms with E-state index in [-0.39, 0.29) is 5.91 Å². The zero-order valence-corrected chi connectivity index (χ0v) is 17.2. The van der Waals surface area contributed by atoms with Crippen LogP contribution >= 0.6 is 0 Å². The molecule has 0 saturated heterocycles. The van der Waals surface area contributed by atoms with Crippen molar-refractivity contribution in [2.75, 3.05) is 13.2 Å². The van der Waals surface area contributed by atoms with Gasteiger partial charge in [0, 0.05) is 11.9 Å². The maximum absolute atomic E-state index is 12.6. The highest BCUT2D eigenvalue weighted by molar-refractivity contribution is 5.89. The van der Waals surface area contributed by atoms with Crippen LogP contribution in [0, 0.1) is 0 Å². The van der Waals surface area contributed by atoms with Crippen LogP contribution in [-0.2, 0) is 11.2 Å². The van der Waals surface area contributed by atoms with Crippen molar-refractivity contribution in [1.82, 2.24) is 5.32 Å².